The van der Waals surface area contributed by atoms with Gasteiger partial charge in [0.05, 0.1) is 11.8 Å². The molecule has 0 aliphatic carbocycles. The number of aliphatic hydroxyl groups excluding tert-OH is 1. The highest BCUT2D eigenvalue weighted by molar-refractivity contribution is 5.58. The molecule has 130 valence electrons. The molecule has 0 saturated carbocycles. The standard InChI is InChI=1S/C20H22FN3O/c21-19-6-3-7-20(18(19)12-22)23-13-15-4-1-2-5-16(15)14-24-10-8-17(25)9-11-24/h1-7,17,23,25H,8-11,13-14H2. The lowest BCUT2D eigenvalue weighted by Gasteiger charge is -2.30. The van der Waals surface area contributed by atoms with Crippen molar-refractivity contribution in [1.29, 1.82) is 5.26 Å². The number of nitrogens with zero attached hydrogens (tertiary/aromatic N) is 2. The van der Waals surface area contributed by atoms with E-state index < -0.39 is 5.82 Å². The van der Waals surface area contributed by atoms with Crippen LogP contribution in [-0.2, 0) is 13.1 Å². The van der Waals surface area contributed by atoms with Crippen molar-refractivity contribution in [1.82, 2.24) is 4.90 Å². The van der Waals surface area contributed by atoms with Crippen LogP contribution < -0.4 is 5.32 Å². The van der Waals surface area contributed by atoms with Crippen molar-refractivity contribution in [3.63, 3.8) is 0 Å². The Labute approximate surface area is 147 Å². The van der Waals surface area contributed by atoms with Crippen LogP contribution in [0.2, 0.25) is 0 Å². The van der Waals surface area contributed by atoms with Gasteiger partial charge in [-0.2, -0.15) is 5.26 Å². The molecule has 4 nitrogen and oxygen atoms in total. The van der Waals surface area contributed by atoms with Crippen LogP contribution in [0.4, 0.5) is 10.1 Å². The summed E-state index contributed by atoms with van der Waals surface area (Å²) in [5.41, 5.74) is 2.89. The summed E-state index contributed by atoms with van der Waals surface area (Å²) in [7, 11) is 0. The van der Waals surface area contributed by atoms with E-state index in [0.717, 1.165) is 38.0 Å². The normalized spacial score (nSPS) is 15.7. The van der Waals surface area contributed by atoms with Gasteiger partial charge < -0.3 is 10.4 Å². The summed E-state index contributed by atoms with van der Waals surface area (Å²) in [6.07, 6.45) is 1.45. The second-order valence-corrected chi connectivity index (χ2v) is 6.40. The predicted molar refractivity (Wildman–Crippen MR) is 95.4 cm³/mol. The Morgan fingerprint density at radius 1 is 1.12 bits per heavy atom. The van der Waals surface area contributed by atoms with Crippen LogP contribution in [-0.4, -0.2) is 29.2 Å². The zero-order valence-electron chi connectivity index (χ0n) is 14.1. The maximum atomic E-state index is 13.7. The van der Waals surface area contributed by atoms with Crippen molar-refractivity contribution < 1.29 is 9.50 Å². The molecule has 1 aliphatic rings. The Morgan fingerprint density at radius 2 is 1.84 bits per heavy atom. The van der Waals surface area contributed by atoms with Crippen molar-refractivity contribution in [2.45, 2.75) is 32.0 Å². The van der Waals surface area contributed by atoms with Gasteiger partial charge in [-0.1, -0.05) is 30.3 Å². The molecular formula is C20H22FN3O. The number of nitriles is 1. The van der Waals surface area contributed by atoms with Gasteiger partial charge in [0.15, 0.2) is 0 Å². The van der Waals surface area contributed by atoms with Crippen molar-refractivity contribution in [3.8, 4) is 6.07 Å². The van der Waals surface area contributed by atoms with Gasteiger partial charge in [0.1, 0.15) is 17.4 Å². The number of piperidine rings is 1. The first-order valence-corrected chi connectivity index (χ1v) is 8.57. The summed E-state index contributed by atoms with van der Waals surface area (Å²) in [5.74, 6) is -0.507. The van der Waals surface area contributed by atoms with Gasteiger partial charge in [-0.05, 0) is 36.1 Å². The molecule has 1 aliphatic heterocycles. The van der Waals surface area contributed by atoms with E-state index in [4.69, 9.17) is 5.26 Å². The molecule has 0 amide bonds. The number of benzene rings is 2. The van der Waals surface area contributed by atoms with Gasteiger partial charge >= 0.3 is 0 Å². The minimum Gasteiger partial charge on any atom is -0.393 e. The van der Waals surface area contributed by atoms with E-state index in [1.807, 2.05) is 24.3 Å². The fraction of sp³-hybridized carbons (Fsp3) is 0.350. The molecule has 25 heavy (non-hydrogen) atoms. The van der Waals surface area contributed by atoms with Crippen LogP contribution in [0.15, 0.2) is 42.5 Å². The number of aliphatic hydroxyl groups is 1. The number of hydrogen-bond acceptors (Lipinski definition) is 4. The van der Waals surface area contributed by atoms with Crippen LogP contribution >= 0.6 is 0 Å². The molecule has 0 radical (unpaired) electrons. The minimum atomic E-state index is -0.507. The Balaban J connectivity index is 1.69. The summed E-state index contributed by atoms with van der Waals surface area (Å²) >= 11 is 0. The zero-order chi connectivity index (χ0) is 17.6. The number of anilines is 1. The third kappa shape index (κ3) is 4.36. The molecule has 2 N–H and O–H groups in total. The monoisotopic (exact) mass is 339 g/mol. The summed E-state index contributed by atoms with van der Waals surface area (Å²) < 4.78 is 13.7. The van der Waals surface area contributed by atoms with Crippen LogP contribution in [0.1, 0.15) is 29.5 Å². The summed E-state index contributed by atoms with van der Waals surface area (Å²) in [6, 6.07) is 14.7. The van der Waals surface area contributed by atoms with Gasteiger partial charge in [-0.3, -0.25) is 4.90 Å². The van der Waals surface area contributed by atoms with Gasteiger partial charge in [-0.25, -0.2) is 4.39 Å². The van der Waals surface area contributed by atoms with E-state index in [-0.39, 0.29) is 11.7 Å². The third-order valence-corrected chi connectivity index (χ3v) is 4.66. The zero-order valence-corrected chi connectivity index (χ0v) is 14.1. The first-order chi connectivity index (χ1) is 12.2. The van der Waals surface area contributed by atoms with Crippen molar-refractivity contribution >= 4 is 5.69 Å². The maximum absolute atomic E-state index is 13.7. The highest BCUT2D eigenvalue weighted by Crippen LogP contribution is 2.21. The Kier molecular flexibility index (Phi) is 5.64. The van der Waals surface area contributed by atoms with Crippen LogP contribution in [0.5, 0.6) is 0 Å². The SMILES string of the molecule is N#Cc1c(F)cccc1NCc1ccccc1CN1CCC(O)CC1. The van der Waals surface area contributed by atoms with E-state index in [9.17, 15) is 9.50 Å². The molecule has 1 saturated heterocycles. The first kappa shape index (κ1) is 17.4. The lowest BCUT2D eigenvalue weighted by Crippen LogP contribution is -2.35. The number of rotatable bonds is 5. The fourth-order valence-electron chi connectivity index (χ4n) is 3.18. The Morgan fingerprint density at radius 3 is 2.56 bits per heavy atom. The molecular weight excluding hydrogens is 317 g/mol. The topological polar surface area (TPSA) is 59.3 Å². The number of nitrogens with one attached hydrogen (secondary N) is 1. The molecule has 0 atom stereocenters. The quantitative estimate of drug-likeness (QED) is 0.878. The fourth-order valence-corrected chi connectivity index (χ4v) is 3.18. The third-order valence-electron chi connectivity index (χ3n) is 4.66. The van der Waals surface area contributed by atoms with E-state index >= 15 is 0 Å². The number of likely N-dealkylation sites (tertiary alicyclic amines) is 1. The number of halogens is 1. The molecule has 0 unspecified atom stereocenters. The predicted octanol–water partition coefficient (Wildman–Crippen LogP) is 3.27. The van der Waals surface area contributed by atoms with Crippen molar-refractivity contribution in [2.75, 3.05) is 18.4 Å². The molecule has 2 aromatic carbocycles. The van der Waals surface area contributed by atoms with Crippen LogP contribution in [0.25, 0.3) is 0 Å². The smallest absolute Gasteiger partial charge is 0.143 e. The lowest BCUT2D eigenvalue weighted by atomic mass is 10.0. The molecule has 0 bridgehead atoms. The minimum absolute atomic E-state index is 0.0463. The second-order valence-electron chi connectivity index (χ2n) is 6.40. The summed E-state index contributed by atoms with van der Waals surface area (Å²) in [6.45, 7) is 3.15. The highest BCUT2D eigenvalue weighted by atomic mass is 19.1. The van der Waals surface area contributed by atoms with Crippen LogP contribution in [0.3, 0.4) is 0 Å². The maximum Gasteiger partial charge on any atom is 0.143 e. The van der Waals surface area contributed by atoms with Gasteiger partial charge in [-0.15, -0.1) is 0 Å². The molecule has 1 fully saturated rings. The molecule has 2 aromatic rings. The van der Waals surface area contributed by atoms with E-state index in [1.165, 1.54) is 11.6 Å². The van der Waals surface area contributed by atoms with E-state index in [0.29, 0.717) is 12.2 Å². The van der Waals surface area contributed by atoms with E-state index in [1.54, 1.807) is 12.1 Å². The Hall–Kier alpha value is -2.42. The average Bonchev–Trinajstić information content (AvgIpc) is 2.63. The lowest BCUT2D eigenvalue weighted by molar-refractivity contribution is 0.0791. The van der Waals surface area contributed by atoms with Crippen molar-refractivity contribution in [2.24, 2.45) is 0 Å². The Bertz CT molecular complexity index is 764. The average molecular weight is 339 g/mol. The molecule has 3 rings (SSSR count). The molecule has 5 heteroatoms. The number of hydrogen-bond donors (Lipinski definition) is 2. The summed E-state index contributed by atoms with van der Waals surface area (Å²) in [5, 5.41) is 22.0. The van der Waals surface area contributed by atoms with Gasteiger partial charge in [0.25, 0.3) is 0 Å². The molecule has 0 aromatic heterocycles. The van der Waals surface area contributed by atoms with E-state index in [2.05, 4.69) is 16.3 Å². The van der Waals surface area contributed by atoms with Gasteiger partial charge in [0, 0.05) is 26.2 Å². The van der Waals surface area contributed by atoms with Crippen molar-refractivity contribution in [3.05, 3.63) is 65.0 Å². The largest absolute Gasteiger partial charge is 0.393 e. The highest BCUT2D eigenvalue weighted by Gasteiger charge is 2.18. The van der Waals surface area contributed by atoms with Gasteiger partial charge in [0.2, 0.25) is 0 Å². The first-order valence-electron chi connectivity index (χ1n) is 8.57. The van der Waals surface area contributed by atoms with Crippen LogP contribution in [0, 0.1) is 17.1 Å². The molecule has 0 spiro atoms. The second kappa shape index (κ2) is 8.11. The summed E-state index contributed by atoms with van der Waals surface area (Å²) in [4.78, 5) is 2.34. The molecule has 1 heterocycles.